The lowest BCUT2D eigenvalue weighted by molar-refractivity contribution is -0.119. The van der Waals surface area contributed by atoms with Crippen molar-refractivity contribution in [3.63, 3.8) is 0 Å². The Kier molecular flexibility index (Phi) is 6.87. The molecule has 3 aromatic carbocycles. The molecule has 5 nitrogen and oxygen atoms in total. The summed E-state index contributed by atoms with van der Waals surface area (Å²) >= 11 is 6.00. The Bertz CT molecular complexity index is 1020. The lowest BCUT2D eigenvalue weighted by Crippen LogP contribution is -2.21. The first-order valence-electron chi connectivity index (χ1n) is 9.02. The molecular weight excluding hydrogens is 390 g/mol. The number of anilines is 1. The Morgan fingerprint density at radius 1 is 0.966 bits per heavy atom. The fourth-order valence-corrected chi connectivity index (χ4v) is 2.86. The smallest absolute Gasteiger partial charge is 0.342 e. The molecule has 6 heteroatoms. The molecule has 1 amide bonds. The molecule has 1 N–H and O–H groups in total. The Morgan fingerprint density at radius 2 is 1.72 bits per heavy atom. The second kappa shape index (κ2) is 9.75. The maximum absolute atomic E-state index is 12.4. The maximum Gasteiger partial charge on any atom is 0.342 e. The van der Waals surface area contributed by atoms with E-state index in [-0.39, 0.29) is 5.56 Å². The van der Waals surface area contributed by atoms with Gasteiger partial charge in [-0.3, -0.25) is 4.79 Å². The zero-order valence-electron chi connectivity index (χ0n) is 15.9. The molecule has 0 saturated heterocycles. The highest BCUT2D eigenvalue weighted by Crippen LogP contribution is 2.22. The third-order valence-electron chi connectivity index (χ3n) is 4.07. The lowest BCUT2D eigenvalue weighted by atomic mass is 10.1. The van der Waals surface area contributed by atoms with Gasteiger partial charge in [0, 0.05) is 0 Å². The van der Waals surface area contributed by atoms with Crippen LogP contribution in [0.5, 0.6) is 5.75 Å². The van der Waals surface area contributed by atoms with Gasteiger partial charge < -0.3 is 14.8 Å². The van der Waals surface area contributed by atoms with Crippen molar-refractivity contribution >= 4 is 29.2 Å². The molecule has 0 bridgehead atoms. The standard InChI is InChI=1S/C23H20ClNO4/c1-16-7-6-8-17(13-16)14-28-21-12-5-2-9-18(21)23(27)29-15-22(26)25-20-11-4-3-10-19(20)24/h2-13H,14-15H2,1H3,(H,25,26). The highest BCUT2D eigenvalue weighted by atomic mass is 35.5. The normalized spacial score (nSPS) is 10.3. The number of esters is 1. The molecular formula is C23H20ClNO4. The number of nitrogens with one attached hydrogen (secondary N) is 1. The van der Waals surface area contributed by atoms with Gasteiger partial charge >= 0.3 is 5.97 Å². The first-order chi connectivity index (χ1) is 14.0. The molecule has 0 fully saturated rings. The van der Waals surface area contributed by atoms with Gasteiger partial charge in [-0.1, -0.05) is 65.7 Å². The number of carbonyl (C=O) groups excluding carboxylic acids is 2. The van der Waals surface area contributed by atoms with Crippen LogP contribution in [0.4, 0.5) is 5.69 Å². The first-order valence-corrected chi connectivity index (χ1v) is 9.39. The summed E-state index contributed by atoms with van der Waals surface area (Å²) in [6.07, 6.45) is 0. The van der Waals surface area contributed by atoms with Gasteiger partial charge in [-0.25, -0.2) is 4.79 Å². The number of para-hydroxylation sites is 2. The Morgan fingerprint density at radius 3 is 2.52 bits per heavy atom. The molecule has 0 aromatic heterocycles. The van der Waals surface area contributed by atoms with Crippen molar-refractivity contribution in [1.29, 1.82) is 0 Å². The van der Waals surface area contributed by atoms with Gasteiger partial charge in [0.1, 0.15) is 17.9 Å². The molecule has 0 aliphatic rings. The van der Waals surface area contributed by atoms with E-state index in [0.29, 0.717) is 23.1 Å². The van der Waals surface area contributed by atoms with E-state index in [0.717, 1.165) is 11.1 Å². The van der Waals surface area contributed by atoms with Crippen LogP contribution in [0.1, 0.15) is 21.5 Å². The van der Waals surface area contributed by atoms with Crippen LogP contribution in [-0.2, 0) is 16.1 Å². The van der Waals surface area contributed by atoms with E-state index < -0.39 is 18.5 Å². The quantitative estimate of drug-likeness (QED) is 0.556. The molecule has 0 heterocycles. The van der Waals surface area contributed by atoms with Crippen molar-refractivity contribution in [2.45, 2.75) is 13.5 Å². The number of rotatable bonds is 7. The van der Waals surface area contributed by atoms with Crippen LogP contribution in [0.25, 0.3) is 0 Å². The first kappa shape index (κ1) is 20.4. The molecule has 148 valence electrons. The SMILES string of the molecule is Cc1cccc(COc2ccccc2C(=O)OCC(=O)Nc2ccccc2Cl)c1. The summed E-state index contributed by atoms with van der Waals surface area (Å²) in [6, 6.07) is 21.5. The fraction of sp³-hybridized carbons (Fsp3) is 0.130. The molecule has 0 aliphatic carbocycles. The van der Waals surface area contributed by atoms with Gasteiger partial charge in [0.2, 0.25) is 0 Å². The molecule has 0 radical (unpaired) electrons. The summed E-state index contributed by atoms with van der Waals surface area (Å²) < 4.78 is 10.9. The van der Waals surface area contributed by atoms with Crippen molar-refractivity contribution < 1.29 is 19.1 Å². The summed E-state index contributed by atoms with van der Waals surface area (Å²) in [7, 11) is 0. The van der Waals surface area contributed by atoms with Gasteiger partial charge in [-0.2, -0.15) is 0 Å². The predicted molar refractivity (Wildman–Crippen MR) is 112 cm³/mol. The van der Waals surface area contributed by atoms with Gasteiger partial charge in [-0.05, 0) is 36.8 Å². The Balaban J connectivity index is 1.59. The van der Waals surface area contributed by atoms with Crippen LogP contribution in [0.2, 0.25) is 5.02 Å². The molecule has 0 spiro atoms. The highest BCUT2D eigenvalue weighted by molar-refractivity contribution is 6.33. The highest BCUT2D eigenvalue weighted by Gasteiger charge is 2.16. The summed E-state index contributed by atoms with van der Waals surface area (Å²) in [6.45, 7) is 1.89. The molecule has 3 rings (SSSR count). The van der Waals surface area contributed by atoms with Crippen molar-refractivity contribution in [2.75, 3.05) is 11.9 Å². The van der Waals surface area contributed by atoms with E-state index in [1.54, 1.807) is 48.5 Å². The number of amides is 1. The van der Waals surface area contributed by atoms with Crippen LogP contribution in [-0.4, -0.2) is 18.5 Å². The largest absolute Gasteiger partial charge is 0.488 e. The second-order valence-corrected chi connectivity index (χ2v) is 6.79. The Hall–Kier alpha value is -3.31. The van der Waals surface area contributed by atoms with Crippen LogP contribution in [0, 0.1) is 6.92 Å². The van der Waals surface area contributed by atoms with Crippen LogP contribution >= 0.6 is 11.6 Å². The average Bonchev–Trinajstić information content (AvgIpc) is 2.72. The van der Waals surface area contributed by atoms with E-state index in [9.17, 15) is 9.59 Å². The van der Waals surface area contributed by atoms with E-state index in [1.807, 2.05) is 31.2 Å². The third-order valence-corrected chi connectivity index (χ3v) is 4.40. The minimum Gasteiger partial charge on any atom is -0.488 e. The number of hydrogen-bond donors (Lipinski definition) is 1. The number of carbonyl (C=O) groups is 2. The topological polar surface area (TPSA) is 64.6 Å². The number of benzene rings is 3. The van der Waals surface area contributed by atoms with Gasteiger partial charge in [0.05, 0.1) is 10.7 Å². The third kappa shape index (κ3) is 5.83. The molecule has 3 aromatic rings. The van der Waals surface area contributed by atoms with Gasteiger partial charge in [-0.15, -0.1) is 0 Å². The van der Waals surface area contributed by atoms with Gasteiger partial charge in [0.25, 0.3) is 5.91 Å². The molecule has 0 atom stereocenters. The summed E-state index contributed by atoms with van der Waals surface area (Å²) in [5.41, 5.74) is 2.83. The number of hydrogen-bond acceptors (Lipinski definition) is 4. The lowest BCUT2D eigenvalue weighted by Gasteiger charge is -2.12. The van der Waals surface area contributed by atoms with Crippen molar-refractivity contribution in [1.82, 2.24) is 0 Å². The van der Waals surface area contributed by atoms with Crippen molar-refractivity contribution in [3.8, 4) is 5.75 Å². The zero-order valence-corrected chi connectivity index (χ0v) is 16.6. The minimum absolute atomic E-state index is 0.255. The minimum atomic E-state index is -0.640. The predicted octanol–water partition coefficient (Wildman–Crippen LogP) is 5.02. The van der Waals surface area contributed by atoms with Crippen molar-refractivity contribution in [3.05, 3.63) is 94.5 Å². The zero-order chi connectivity index (χ0) is 20.6. The second-order valence-electron chi connectivity index (χ2n) is 6.38. The monoisotopic (exact) mass is 409 g/mol. The fourth-order valence-electron chi connectivity index (χ4n) is 2.68. The van der Waals surface area contributed by atoms with E-state index >= 15 is 0 Å². The van der Waals surface area contributed by atoms with E-state index in [1.165, 1.54) is 0 Å². The summed E-state index contributed by atoms with van der Waals surface area (Å²) in [5.74, 6) is -0.728. The number of aryl methyl sites for hydroxylation is 1. The van der Waals surface area contributed by atoms with Crippen LogP contribution in [0.3, 0.4) is 0 Å². The molecule has 0 unspecified atom stereocenters. The molecule has 0 saturated carbocycles. The van der Waals surface area contributed by atoms with E-state index in [4.69, 9.17) is 21.1 Å². The maximum atomic E-state index is 12.4. The Labute approximate surface area is 174 Å². The average molecular weight is 410 g/mol. The van der Waals surface area contributed by atoms with Crippen LogP contribution < -0.4 is 10.1 Å². The van der Waals surface area contributed by atoms with Gasteiger partial charge in [0.15, 0.2) is 6.61 Å². The van der Waals surface area contributed by atoms with E-state index in [2.05, 4.69) is 5.32 Å². The molecule has 0 aliphatic heterocycles. The molecule has 29 heavy (non-hydrogen) atoms. The summed E-state index contributed by atoms with van der Waals surface area (Å²) in [4.78, 5) is 24.5. The van der Waals surface area contributed by atoms with Crippen molar-refractivity contribution in [2.24, 2.45) is 0 Å². The summed E-state index contributed by atoms with van der Waals surface area (Å²) in [5, 5.41) is 3.01. The number of halogens is 1. The van der Waals surface area contributed by atoms with Crippen LogP contribution in [0.15, 0.2) is 72.8 Å². The number of ether oxygens (including phenoxy) is 2.